The van der Waals surface area contributed by atoms with E-state index in [4.69, 9.17) is 15.9 Å². The molecule has 0 N–H and O–H groups in total. The second-order valence-electron chi connectivity index (χ2n) is 6.25. The number of carbonyl (C=O) groups is 1. The second-order valence-corrected chi connectivity index (χ2v) is 6.25. The van der Waals surface area contributed by atoms with E-state index in [2.05, 4.69) is 15.8 Å². The highest BCUT2D eigenvalue weighted by Crippen LogP contribution is 2.18. The Balaban J connectivity index is 1.52. The Bertz CT molecular complexity index is 772. The molecule has 1 aliphatic heterocycles. The van der Waals surface area contributed by atoms with Gasteiger partial charge >= 0.3 is 5.97 Å². The minimum Gasteiger partial charge on any atom is -0.478 e. The summed E-state index contributed by atoms with van der Waals surface area (Å²) in [4.78, 5) is 18.8. The summed E-state index contributed by atoms with van der Waals surface area (Å²) < 4.78 is 10.9. The van der Waals surface area contributed by atoms with Crippen molar-refractivity contribution in [2.45, 2.75) is 32.5 Å². The summed E-state index contributed by atoms with van der Waals surface area (Å²) in [6.07, 6.45) is 8.97. The van der Waals surface area contributed by atoms with Gasteiger partial charge < -0.3 is 14.4 Å². The molecule has 1 atom stereocenters. The van der Waals surface area contributed by atoms with Crippen LogP contribution in [0.25, 0.3) is 0 Å². The predicted molar refractivity (Wildman–Crippen MR) is 100 cm³/mol. The molecule has 0 aliphatic carbocycles. The molecular formula is C21H22N2O3. The Morgan fingerprint density at radius 2 is 1.96 bits per heavy atom. The van der Waals surface area contributed by atoms with E-state index in [9.17, 15) is 4.79 Å². The smallest absolute Gasteiger partial charge is 0.340 e. The number of benzene rings is 1. The molecule has 0 saturated carbocycles. The fourth-order valence-electron chi connectivity index (χ4n) is 2.77. The lowest BCUT2D eigenvalue weighted by Crippen LogP contribution is -2.19. The summed E-state index contributed by atoms with van der Waals surface area (Å²) in [7, 11) is 0. The van der Waals surface area contributed by atoms with Gasteiger partial charge in [0.15, 0.2) is 6.10 Å². The molecule has 1 aliphatic rings. The van der Waals surface area contributed by atoms with Crippen molar-refractivity contribution in [3.8, 4) is 18.1 Å². The van der Waals surface area contributed by atoms with E-state index < -0.39 is 0 Å². The maximum absolute atomic E-state index is 12.2. The number of hydrogen-bond donors (Lipinski definition) is 0. The molecule has 0 unspecified atom stereocenters. The summed E-state index contributed by atoms with van der Waals surface area (Å²) in [5.41, 5.74) is 1.33. The SMILES string of the molecule is C#C[C@@H](C)Oc1ccc(COC(=O)c2ccc(N3CCCC3)nc2)cc1. The highest BCUT2D eigenvalue weighted by atomic mass is 16.5. The van der Waals surface area contributed by atoms with Crippen molar-refractivity contribution in [1.82, 2.24) is 4.98 Å². The van der Waals surface area contributed by atoms with Gasteiger partial charge in [0.05, 0.1) is 5.56 Å². The fourth-order valence-corrected chi connectivity index (χ4v) is 2.77. The predicted octanol–water partition coefficient (Wildman–Crippen LogP) is 3.44. The van der Waals surface area contributed by atoms with Gasteiger partial charge in [0.1, 0.15) is 18.2 Å². The number of ether oxygens (including phenoxy) is 2. The third-order valence-electron chi connectivity index (χ3n) is 4.25. The van der Waals surface area contributed by atoms with Crippen LogP contribution in [0.1, 0.15) is 35.7 Å². The van der Waals surface area contributed by atoms with Gasteiger partial charge in [-0.3, -0.25) is 0 Å². The molecule has 2 heterocycles. The van der Waals surface area contributed by atoms with Gasteiger partial charge in [0.2, 0.25) is 0 Å². The average Bonchev–Trinajstić information content (AvgIpc) is 3.22. The summed E-state index contributed by atoms with van der Waals surface area (Å²) in [6.45, 7) is 4.05. The van der Waals surface area contributed by atoms with E-state index in [1.165, 1.54) is 12.8 Å². The minimum absolute atomic E-state index is 0.192. The van der Waals surface area contributed by atoms with Crippen molar-refractivity contribution in [3.05, 3.63) is 53.7 Å². The van der Waals surface area contributed by atoms with Crippen LogP contribution < -0.4 is 9.64 Å². The third kappa shape index (κ3) is 4.54. The molecule has 1 aromatic heterocycles. The van der Waals surface area contributed by atoms with Crippen LogP contribution in [0.15, 0.2) is 42.6 Å². The van der Waals surface area contributed by atoms with Crippen molar-refractivity contribution < 1.29 is 14.3 Å². The van der Waals surface area contributed by atoms with E-state index in [0.29, 0.717) is 11.3 Å². The molecule has 5 nitrogen and oxygen atoms in total. The minimum atomic E-state index is -0.383. The standard InChI is InChI=1S/C21H22N2O3/c1-3-16(2)26-19-9-6-17(7-10-19)15-25-21(24)18-8-11-20(22-14-18)23-12-4-5-13-23/h1,6-11,14,16H,4-5,12-13,15H2,2H3/t16-/m1/s1. The van der Waals surface area contributed by atoms with Gasteiger partial charge in [-0.25, -0.2) is 9.78 Å². The van der Waals surface area contributed by atoms with Crippen LogP contribution in [0.5, 0.6) is 5.75 Å². The van der Waals surface area contributed by atoms with Crippen LogP contribution in [0.4, 0.5) is 5.82 Å². The number of nitrogens with zero attached hydrogens (tertiary/aromatic N) is 2. The van der Waals surface area contributed by atoms with E-state index in [1.807, 2.05) is 30.3 Å². The summed E-state index contributed by atoms with van der Waals surface area (Å²) in [6, 6.07) is 11.0. The monoisotopic (exact) mass is 350 g/mol. The normalized spacial score (nSPS) is 14.5. The number of terminal acetylenes is 1. The number of anilines is 1. The summed E-state index contributed by atoms with van der Waals surface area (Å²) >= 11 is 0. The largest absolute Gasteiger partial charge is 0.478 e. The van der Waals surface area contributed by atoms with Gasteiger partial charge in [0.25, 0.3) is 0 Å². The van der Waals surface area contributed by atoms with E-state index >= 15 is 0 Å². The first-order valence-electron chi connectivity index (χ1n) is 8.75. The first-order valence-corrected chi connectivity index (χ1v) is 8.75. The Morgan fingerprint density at radius 1 is 1.23 bits per heavy atom. The van der Waals surface area contributed by atoms with Crippen LogP contribution in [-0.2, 0) is 11.3 Å². The van der Waals surface area contributed by atoms with Gasteiger partial charge in [-0.15, -0.1) is 6.42 Å². The fraction of sp³-hybridized carbons (Fsp3) is 0.333. The van der Waals surface area contributed by atoms with Crippen molar-refractivity contribution in [3.63, 3.8) is 0 Å². The number of hydrogen-bond acceptors (Lipinski definition) is 5. The number of aromatic nitrogens is 1. The zero-order chi connectivity index (χ0) is 18.4. The van der Waals surface area contributed by atoms with Crippen LogP contribution >= 0.6 is 0 Å². The average molecular weight is 350 g/mol. The van der Waals surface area contributed by atoms with Gasteiger partial charge in [-0.1, -0.05) is 18.1 Å². The molecule has 0 bridgehead atoms. The maximum Gasteiger partial charge on any atom is 0.340 e. The molecule has 1 fully saturated rings. The summed E-state index contributed by atoms with van der Waals surface area (Å²) in [5.74, 6) is 3.72. The Morgan fingerprint density at radius 3 is 2.58 bits per heavy atom. The molecule has 1 aromatic carbocycles. The Hall–Kier alpha value is -3.00. The van der Waals surface area contributed by atoms with Crippen LogP contribution in [0.3, 0.4) is 0 Å². The van der Waals surface area contributed by atoms with Gasteiger partial charge in [-0.05, 0) is 49.6 Å². The first-order chi connectivity index (χ1) is 12.7. The molecule has 134 valence electrons. The molecule has 0 amide bonds. The maximum atomic E-state index is 12.2. The van der Waals surface area contributed by atoms with Crippen molar-refractivity contribution in [2.24, 2.45) is 0 Å². The lowest BCUT2D eigenvalue weighted by Gasteiger charge is -2.16. The molecule has 0 spiro atoms. The number of esters is 1. The number of carbonyl (C=O) groups excluding carboxylic acids is 1. The zero-order valence-electron chi connectivity index (χ0n) is 14.9. The second kappa shape index (κ2) is 8.39. The molecule has 1 saturated heterocycles. The van der Waals surface area contributed by atoms with E-state index in [-0.39, 0.29) is 18.7 Å². The molecule has 26 heavy (non-hydrogen) atoms. The first kappa shape index (κ1) is 17.8. The quantitative estimate of drug-likeness (QED) is 0.590. The van der Waals surface area contributed by atoms with Crippen LogP contribution in [0.2, 0.25) is 0 Å². The van der Waals surface area contributed by atoms with Crippen molar-refractivity contribution in [2.75, 3.05) is 18.0 Å². The van der Waals surface area contributed by atoms with Crippen LogP contribution in [-0.4, -0.2) is 30.1 Å². The third-order valence-corrected chi connectivity index (χ3v) is 4.25. The highest BCUT2D eigenvalue weighted by Gasteiger charge is 2.14. The molecular weight excluding hydrogens is 328 g/mol. The molecule has 5 heteroatoms. The Kier molecular flexibility index (Phi) is 5.75. The van der Waals surface area contributed by atoms with Gasteiger partial charge in [0, 0.05) is 19.3 Å². The topological polar surface area (TPSA) is 51.7 Å². The Labute approximate surface area is 153 Å². The van der Waals surface area contributed by atoms with Gasteiger partial charge in [-0.2, -0.15) is 0 Å². The van der Waals surface area contributed by atoms with E-state index in [0.717, 1.165) is 24.5 Å². The van der Waals surface area contributed by atoms with Crippen molar-refractivity contribution in [1.29, 1.82) is 0 Å². The van der Waals surface area contributed by atoms with Crippen molar-refractivity contribution >= 4 is 11.8 Å². The number of rotatable bonds is 6. The molecule has 0 radical (unpaired) electrons. The van der Waals surface area contributed by atoms with Crippen LogP contribution in [0, 0.1) is 12.3 Å². The highest BCUT2D eigenvalue weighted by molar-refractivity contribution is 5.89. The lowest BCUT2D eigenvalue weighted by atomic mass is 10.2. The van der Waals surface area contributed by atoms with E-state index in [1.54, 1.807) is 19.2 Å². The lowest BCUT2D eigenvalue weighted by molar-refractivity contribution is 0.0472. The number of pyridine rings is 1. The summed E-state index contributed by atoms with van der Waals surface area (Å²) in [5, 5.41) is 0. The molecule has 2 aromatic rings. The molecule has 3 rings (SSSR count). The zero-order valence-corrected chi connectivity index (χ0v) is 14.9.